The normalized spacial score (nSPS) is 11.1. The Labute approximate surface area is 137 Å². The van der Waals surface area contributed by atoms with Crippen LogP contribution in [0.15, 0.2) is 34.8 Å². The molecule has 1 aromatic carbocycles. The van der Waals surface area contributed by atoms with Crippen molar-refractivity contribution in [3.05, 3.63) is 40.5 Å². The number of benzene rings is 1. The van der Waals surface area contributed by atoms with Crippen LogP contribution in [0.2, 0.25) is 0 Å². The number of hydrogen-bond acceptors (Lipinski definition) is 4. The van der Waals surface area contributed by atoms with E-state index in [1.54, 1.807) is 24.3 Å². The summed E-state index contributed by atoms with van der Waals surface area (Å²) in [5, 5.41) is -0.148. The zero-order chi connectivity index (χ0) is 16.3. The average molecular weight is 392 g/mol. The monoisotopic (exact) mass is 391 g/mol. The number of nitrogens with two attached hydrogens (primary N) is 1. The molecule has 1 heterocycles. The number of anilines is 1. The molecule has 0 aliphatic heterocycles. The van der Waals surface area contributed by atoms with Gasteiger partial charge in [0.2, 0.25) is 5.95 Å². The Balaban J connectivity index is 2.48. The van der Waals surface area contributed by atoms with Crippen LogP contribution < -0.4 is 16.6 Å². The topological polar surface area (TPSA) is 75.9 Å². The van der Waals surface area contributed by atoms with E-state index < -0.39 is 11.9 Å². The van der Waals surface area contributed by atoms with Crippen molar-refractivity contribution in [2.24, 2.45) is 5.73 Å². The number of halogens is 4. The molecular formula is C12H9BrF3N5S. The number of hydrogen-bond donors (Lipinski definition) is 3. The van der Waals surface area contributed by atoms with Gasteiger partial charge in [-0.25, -0.2) is 9.97 Å². The fraction of sp³-hybridized carbons (Fsp3) is 0.0833. The van der Waals surface area contributed by atoms with Crippen molar-refractivity contribution < 1.29 is 13.2 Å². The molecule has 0 aliphatic rings. The molecule has 0 saturated heterocycles. The van der Waals surface area contributed by atoms with Crippen LogP contribution in [-0.2, 0) is 6.18 Å². The molecule has 0 atom stereocenters. The molecule has 5 nitrogen and oxygen atoms in total. The van der Waals surface area contributed by atoms with Crippen LogP contribution in [0.3, 0.4) is 0 Å². The first-order chi connectivity index (χ1) is 10.3. The van der Waals surface area contributed by atoms with Crippen molar-refractivity contribution in [2.45, 2.75) is 6.18 Å². The van der Waals surface area contributed by atoms with Crippen LogP contribution in [0.1, 0.15) is 5.69 Å². The molecule has 2 aromatic rings. The first-order valence-corrected chi connectivity index (χ1v) is 6.99. The summed E-state index contributed by atoms with van der Waals surface area (Å²) in [6.07, 6.45) is -4.61. The van der Waals surface area contributed by atoms with Gasteiger partial charge in [-0.1, -0.05) is 28.1 Å². The molecule has 2 rings (SSSR count). The lowest BCUT2D eigenvalue weighted by atomic mass is 10.1. The van der Waals surface area contributed by atoms with Crippen molar-refractivity contribution in [2.75, 3.05) is 5.43 Å². The van der Waals surface area contributed by atoms with E-state index >= 15 is 0 Å². The van der Waals surface area contributed by atoms with Gasteiger partial charge >= 0.3 is 6.18 Å². The van der Waals surface area contributed by atoms with E-state index in [0.717, 1.165) is 6.07 Å². The lowest BCUT2D eigenvalue weighted by Crippen LogP contribution is -2.35. The maximum absolute atomic E-state index is 12.9. The van der Waals surface area contributed by atoms with Crippen LogP contribution in [0.5, 0.6) is 0 Å². The number of hydrazine groups is 1. The van der Waals surface area contributed by atoms with Gasteiger partial charge in [0.25, 0.3) is 0 Å². The summed E-state index contributed by atoms with van der Waals surface area (Å²) < 4.78 is 39.5. The third-order valence-corrected chi connectivity index (χ3v) is 3.03. The Morgan fingerprint density at radius 2 is 1.95 bits per heavy atom. The van der Waals surface area contributed by atoms with Crippen molar-refractivity contribution in [3.63, 3.8) is 0 Å². The van der Waals surface area contributed by atoms with Crippen molar-refractivity contribution in [3.8, 4) is 11.3 Å². The highest BCUT2D eigenvalue weighted by Gasteiger charge is 2.33. The van der Waals surface area contributed by atoms with Gasteiger partial charge in [0.15, 0.2) is 10.8 Å². The molecule has 116 valence electrons. The maximum atomic E-state index is 12.9. The summed E-state index contributed by atoms with van der Waals surface area (Å²) in [7, 11) is 0. The van der Waals surface area contributed by atoms with Gasteiger partial charge in [0, 0.05) is 10.0 Å². The molecule has 0 radical (unpaired) electrons. The predicted molar refractivity (Wildman–Crippen MR) is 83.7 cm³/mol. The molecule has 0 unspecified atom stereocenters. The third-order valence-electron chi connectivity index (χ3n) is 2.43. The van der Waals surface area contributed by atoms with E-state index in [4.69, 9.17) is 5.73 Å². The lowest BCUT2D eigenvalue weighted by Gasteiger charge is -2.12. The van der Waals surface area contributed by atoms with E-state index in [-0.39, 0.29) is 16.8 Å². The molecule has 10 heteroatoms. The summed E-state index contributed by atoms with van der Waals surface area (Å²) in [5.41, 5.74) is 9.36. The minimum absolute atomic E-state index is 0.107. The van der Waals surface area contributed by atoms with Gasteiger partial charge in [-0.05, 0) is 30.4 Å². The van der Waals surface area contributed by atoms with E-state index in [9.17, 15) is 13.2 Å². The molecule has 0 amide bonds. The van der Waals surface area contributed by atoms with Gasteiger partial charge in [-0.2, -0.15) is 13.2 Å². The van der Waals surface area contributed by atoms with E-state index in [2.05, 4.69) is 49.0 Å². The standard InChI is InChI=1S/C12H9BrF3N5S/c13-7-3-1-2-6(4-7)8-5-9(12(14,15)16)19-11(18-8)21-20-10(17)22/h1-5H,(H3,17,20,22)(H,18,19,21). The maximum Gasteiger partial charge on any atom is 0.433 e. The molecule has 0 aliphatic carbocycles. The molecule has 0 bridgehead atoms. The highest BCUT2D eigenvalue weighted by molar-refractivity contribution is 9.10. The van der Waals surface area contributed by atoms with Crippen molar-refractivity contribution in [1.82, 2.24) is 15.4 Å². The van der Waals surface area contributed by atoms with Crippen LogP contribution >= 0.6 is 28.1 Å². The van der Waals surface area contributed by atoms with Gasteiger partial charge in [-0.15, -0.1) is 0 Å². The Morgan fingerprint density at radius 3 is 2.55 bits per heavy atom. The third kappa shape index (κ3) is 4.28. The van der Waals surface area contributed by atoms with Gasteiger partial charge in [0.1, 0.15) is 0 Å². The van der Waals surface area contributed by atoms with E-state index in [1.165, 1.54) is 0 Å². The Kier molecular flexibility index (Phi) is 4.81. The molecule has 22 heavy (non-hydrogen) atoms. The summed E-state index contributed by atoms with van der Waals surface area (Å²) >= 11 is 7.82. The highest BCUT2D eigenvalue weighted by atomic mass is 79.9. The Hall–Kier alpha value is -1.94. The smallest absolute Gasteiger partial charge is 0.375 e. The molecular weight excluding hydrogens is 383 g/mol. The number of aromatic nitrogens is 2. The zero-order valence-electron chi connectivity index (χ0n) is 10.8. The number of thiocarbonyl (C=S) groups is 1. The highest BCUT2D eigenvalue weighted by Crippen LogP contribution is 2.31. The first kappa shape index (κ1) is 16.4. The van der Waals surface area contributed by atoms with Gasteiger partial charge in [0.05, 0.1) is 5.69 Å². The predicted octanol–water partition coefficient (Wildman–Crippen LogP) is 3.09. The number of rotatable bonds is 3. The largest absolute Gasteiger partial charge is 0.433 e. The fourth-order valence-electron chi connectivity index (χ4n) is 1.56. The summed E-state index contributed by atoms with van der Waals surface area (Å²) in [5.74, 6) is -0.294. The summed E-state index contributed by atoms with van der Waals surface area (Å²) in [6.45, 7) is 0. The van der Waals surface area contributed by atoms with Crippen molar-refractivity contribution in [1.29, 1.82) is 0 Å². The van der Waals surface area contributed by atoms with Gasteiger partial charge in [-0.3, -0.25) is 10.9 Å². The van der Waals surface area contributed by atoms with Crippen molar-refractivity contribution >= 4 is 39.2 Å². The second-order valence-electron chi connectivity index (χ2n) is 4.08. The van der Waals surface area contributed by atoms with Crippen LogP contribution in [-0.4, -0.2) is 15.1 Å². The molecule has 0 saturated carbocycles. The Bertz CT molecular complexity index is 707. The fourth-order valence-corrected chi connectivity index (χ4v) is 2.01. The number of alkyl halides is 3. The average Bonchev–Trinajstić information content (AvgIpc) is 2.44. The first-order valence-electron chi connectivity index (χ1n) is 5.79. The van der Waals surface area contributed by atoms with E-state index in [0.29, 0.717) is 10.0 Å². The van der Waals surface area contributed by atoms with E-state index in [1.807, 2.05) is 0 Å². The number of nitrogens with one attached hydrogen (secondary N) is 2. The lowest BCUT2D eigenvalue weighted by molar-refractivity contribution is -0.141. The molecule has 1 aromatic heterocycles. The number of nitrogens with zero attached hydrogens (tertiary/aromatic N) is 2. The Morgan fingerprint density at radius 1 is 1.23 bits per heavy atom. The molecule has 4 N–H and O–H groups in total. The SMILES string of the molecule is NC(=S)NNc1nc(-c2cccc(Br)c2)cc(C(F)(F)F)n1. The van der Waals surface area contributed by atoms with Gasteiger partial charge < -0.3 is 5.73 Å². The quantitative estimate of drug-likeness (QED) is 0.551. The summed E-state index contributed by atoms with van der Waals surface area (Å²) in [6, 6.07) is 7.59. The van der Waals surface area contributed by atoms with Crippen LogP contribution in [0.25, 0.3) is 11.3 Å². The van der Waals surface area contributed by atoms with Crippen LogP contribution in [0, 0.1) is 0 Å². The minimum atomic E-state index is -4.61. The minimum Gasteiger partial charge on any atom is -0.375 e. The second kappa shape index (κ2) is 6.44. The van der Waals surface area contributed by atoms with Crippen LogP contribution in [0.4, 0.5) is 19.1 Å². The summed E-state index contributed by atoms with van der Waals surface area (Å²) in [4.78, 5) is 7.40. The second-order valence-corrected chi connectivity index (χ2v) is 5.44. The zero-order valence-corrected chi connectivity index (χ0v) is 13.2. The molecule has 0 fully saturated rings. The molecule has 0 spiro atoms.